The van der Waals surface area contributed by atoms with Crippen molar-refractivity contribution in [3.05, 3.63) is 46.2 Å². The van der Waals surface area contributed by atoms with Gasteiger partial charge in [-0.25, -0.2) is 9.97 Å². The lowest BCUT2D eigenvalue weighted by Crippen LogP contribution is -2.30. The van der Waals surface area contributed by atoms with Crippen LogP contribution in [0.5, 0.6) is 0 Å². The maximum Gasteiger partial charge on any atom is 0.264 e. The molecule has 0 unspecified atom stereocenters. The second kappa shape index (κ2) is 5.44. The van der Waals surface area contributed by atoms with E-state index in [0.717, 1.165) is 29.4 Å². The Morgan fingerprint density at radius 2 is 2.32 bits per heavy atom. The minimum absolute atomic E-state index is 0.0377. The molecule has 4 rings (SSSR count). The largest absolute Gasteiger partial charge is 0.366 e. The van der Waals surface area contributed by atoms with E-state index < -0.39 is 0 Å². The third kappa shape index (κ3) is 2.42. The minimum Gasteiger partial charge on any atom is -0.366 e. The van der Waals surface area contributed by atoms with Crippen molar-refractivity contribution in [3.63, 3.8) is 0 Å². The maximum absolute atomic E-state index is 12.4. The molecule has 0 aliphatic carbocycles. The van der Waals surface area contributed by atoms with Crippen LogP contribution in [0.4, 0.5) is 0 Å². The highest BCUT2D eigenvalue weighted by Gasteiger charge is 2.44. The number of fused-ring (bicyclic) bond motifs is 1. The number of amides is 1. The van der Waals surface area contributed by atoms with Crippen molar-refractivity contribution in [2.45, 2.75) is 25.6 Å². The van der Waals surface area contributed by atoms with Crippen LogP contribution in [0.3, 0.4) is 0 Å². The topological polar surface area (TPSA) is 55.3 Å². The molecule has 2 fully saturated rings. The molecule has 2 aliphatic rings. The first-order chi connectivity index (χ1) is 10.7. The predicted molar refractivity (Wildman–Crippen MR) is 82.7 cm³/mol. The average Bonchev–Trinajstić information content (AvgIpc) is 3.22. The van der Waals surface area contributed by atoms with Crippen molar-refractivity contribution in [2.75, 3.05) is 13.1 Å². The molecule has 0 saturated carbocycles. The molecule has 0 N–H and O–H groups in total. The van der Waals surface area contributed by atoms with Crippen molar-refractivity contribution < 1.29 is 9.53 Å². The fourth-order valence-corrected chi connectivity index (χ4v) is 4.02. The fourth-order valence-electron chi connectivity index (χ4n) is 3.33. The van der Waals surface area contributed by atoms with Gasteiger partial charge in [0.25, 0.3) is 5.91 Å². The Balaban J connectivity index is 1.43. The Labute approximate surface area is 133 Å². The van der Waals surface area contributed by atoms with Gasteiger partial charge in [0, 0.05) is 25.2 Å². The summed E-state index contributed by atoms with van der Waals surface area (Å²) in [4.78, 5) is 23.7. The molecular formula is C16H17N3O2S. The van der Waals surface area contributed by atoms with Crippen LogP contribution in [0, 0.1) is 12.8 Å². The Kier molecular flexibility index (Phi) is 3.43. The summed E-state index contributed by atoms with van der Waals surface area (Å²) < 4.78 is 6.14. The summed E-state index contributed by atoms with van der Waals surface area (Å²) in [7, 11) is 0. The third-order valence-corrected chi connectivity index (χ3v) is 5.24. The van der Waals surface area contributed by atoms with Crippen LogP contribution in [0.25, 0.3) is 0 Å². The number of likely N-dealkylation sites (tertiary alicyclic amines) is 1. The van der Waals surface area contributed by atoms with E-state index >= 15 is 0 Å². The van der Waals surface area contributed by atoms with Crippen molar-refractivity contribution in [3.8, 4) is 0 Å². The zero-order valence-electron chi connectivity index (χ0n) is 12.3. The highest BCUT2D eigenvalue weighted by Crippen LogP contribution is 2.40. The first-order valence-corrected chi connectivity index (χ1v) is 8.36. The molecule has 114 valence electrons. The van der Waals surface area contributed by atoms with Crippen LogP contribution in [0.2, 0.25) is 0 Å². The Morgan fingerprint density at radius 1 is 1.41 bits per heavy atom. The molecule has 2 saturated heterocycles. The summed E-state index contributed by atoms with van der Waals surface area (Å²) in [6.07, 6.45) is 2.87. The van der Waals surface area contributed by atoms with Gasteiger partial charge < -0.3 is 9.64 Å². The van der Waals surface area contributed by atoms with Crippen molar-refractivity contribution in [2.24, 2.45) is 5.92 Å². The number of thiophene rings is 1. The molecule has 3 atom stereocenters. The molecule has 1 amide bonds. The van der Waals surface area contributed by atoms with E-state index in [9.17, 15) is 4.79 Å². The first kappa shape index (κ1) is 13.8. The maximum atomic E-state index is 12.4. The highest BCUT2D eigenvalue weighted by atomic mass is 32.1. The average molecular weight is 315 g/mol. The van der Waals surface area contributed by atoms with Gasteiger partial charge in [0.05, 0.1) is 16.7 Å². The number of nitrogens with zero attached hydrogens (tertiary/aromatic N) is 3. The van der Waals surface area contributed by atoms with Gasteiger partial charge in [-0.05, 0) is 30.9 Å². The van der Waals surface area contributed by atoms with E-state index in [4.69, 9.17) is 4.74 Å². The molecule has 0 aromatic carbocycles. The van der Waals surface area contributed by atoms with Gasteiger partial charge in [0.15, 0.2) is 0 Å². The van der Waals surface area contributed by atoms with Crippen LogP contribution >= 0.6 is 11.3 Å². The lowest BCUT2D eigenvalue weighted by atomic mass is 10.0. The standard InChI is InChI=1S/C16H17N3O2S/c1-10-17-5-4-12(18-10)13-7-11-8-19(9-14(11)21-13)16(20)15-3-2-6-22-15/h2-6,11,13-14H,7-9H2,1H3/t11-,13-,14+/m0/s1. The van der Waals surface area contributed by atoms with Crippen LogP contribution in [0.15, 0.2) is 29.8 Å². The lowest BCUT2D eigenvalue weighted by Gasteiger charge is -2.18. The van der Waals surface area contributed by atoms with Crippen LogP contribution in [-0.2, 0) is 4.74 Å². The molecule has 22 heavy (non-hydrogen) atoms. The Morgan fingerprint density at radius 3 is 3.05 bits per heavy atom. The van der Waals surface area contributed by atoms with Gasteiger partial charge in [-0.15, -0.1) is 11.3 Å². The van der Waals surface area contributed by atoms with Gasteiger partial charge in [0.2, 0.25) is 0 Å². The van der Waals surface area contributed by atoms with Crippen molar-refractivity contribution in [1.82, 2.24) is 14.9 Å². The summed E-state index contributed by atoms with van der Waals surface area (Å²) in [5, 5.41) is 1.94. The lowest BCUT2D eigenvalue weighted by molar-refractivity contribution is 0.0335. The molecular weight excluding hydrogens is 298 g/mol. The molecule has 6 heteroatoms. The van der Waals surface area contributed by atoms with E-state index in [-0.39, 0.29) is 18.1 Å². The number of aryl methyl sites for hydroxylation is 1. The second-order valence-corrected chi connectivity index (χ2v) is 6.82. The molecule has 2 aromatic rings. The molecule has 5 nitrogen and oxygen atoms in total. The van der Waals surface area contributed by atoms with Gasteiger partial charge in [0.1, 0.15) is 11.9 Å². The Hall–Kier alpha value is -1.79. The highest BCUT2D eigenvalue weighted by molar-refractivity contribution is 7.12. The van der Waals surface area contributed by atoms with Gasteiger partial charge in [-0.3, -0.25) is 4.79 Å². The van der Waals surface area contributed by atoms with E-state index in [1.165, 1.54) is 11.3 Å². The zero-order chi connectivity index (χ0) is 15.1. The summed E-state index contributed by atoms with van der Waals surface area (Å²) in [5.41, 5.74) is 0.957. The molecule has 2 aromatic heterocycles. The molecule has 4 heterocycles. The summed E-state index contributed by atoms with van der Waals surface area (Å²) >= 11 is 1.50. The molecule has 0 bridgehead atoms. The number of ether oxygens (including phenoxy) is 1. The van der Waals surface area contributed by atoms with Crippen LogP contribution in [-0.4, -0.2) is 40.0 Å². The van der Waals surface area contributed by atoms with E-state index in [1.54, 1.807) is 6.20 Å². The second-order valence-electron chi connectivity index (χ2n) is 5.88. The number of aromatic nitrogens is 2. The van der Waals surface area contributed by atoms with Gasteiger partial charge >= 0.3 is 0 Å². The predicted octanol–water partition coefficient (Wildman–Crippen LogP) is 2.45. The van der Waals surface area contributed by atoms with Crippen LogP contribution in [0.1, 0.15) is 33.7 Å². The normalized spacial score (nSPS) is 27.1. The number of carbonyl (C=O) groups is 1. The SMILES string of the molecule is Cc1nccc([C@@H]2C[C@H]3CN(C(=O)c4cccs4)C[C@H]3O2)n1. The van der Waals surface area contributed by atoms with E-state index in [2.05, 4.69) is 9.97 Å². The van der Waals surface area contributed by atoms with E-state index in [0.29, 0.717) is 12.5 Å². The fraction of sp³-hybridized carbons (Fsp3) is 0.438. The smallest absolute Gasteiger partial charge is 0.264 e. The zero-order valence-corrected chi connectivity index (χ0v) is 13.1. The van der Waals surface area contributed by atoms with Gasteiger partial charge in [-0.2, -0.15) is 0 Å². The van der Waals surface area contributed by atoms with Crippen molar-refractivity contribution >= 4 is 17.2 Å². The monoisotopic (exact) mass is 315 g/mol. The summed E-state index contributed by atoms with van der Waals surface area (Å²) in [6.45, 7) is 3.35. The van der Waals surface area contributed by atoms with Crippen molar-refractivity contribution in [1.29, 1.82) is 0 Å². The van der Waals surface area contributed by atoms with Crippen LogP contribution < -0.4 is 0 Å². The summed E-state index contributed by atoms with van der Waals surface area (Å²) in [6, 6.07) is 5.72. The number of rotatable bonds is 2. The quantitative estimate of drug-likeness (QED) is 0.854. The molecule has 0 spiro atoms. The third-order valence-electron chi connectivity index (χ3n) is 4.38. The number of hydrogen-bond donors (Lipinski definition) is 0. The van der Waals surface area contributed by atoms with Gasteiger partial charge in [-0.1, -0.05) is 6.07 Å². The Bertz CT molecular complexity index is 674. The molecule has 2 aliphatic heterocycles. The number of hydrogen-bond acceptors (Lipinski definition) is 5. The number of carbonyl (C=O) groups excluding carboxylic acids is 1. The van der Waals surface area contributed by atoms with E-state index in [1.807, 2.05) is 35.4 Å². The minimum atomic E-state index is 0.0377. The summed E-state index contributed by atoms with van der Waals surface area (Å²) in [5.74, 6) is 1.30. The first-order valence-electron chi connectivity index (χ1n) is 7.48. The molecule has 0 radical (unpaired) electrons.